The third kappa shape index (κ3) is 3.00. The Kier molecular flexibility index (Phi) is 3.11. The van der Waals surface area contributed by atoms with Crippen molar-refractivity contribution in [3.63, 3.8) is 0 Å². The highest BCUT2D eigenvalue weighted by Crippen LogP contribution is 2.29. The first-order chi connectivity index (χ1) is 8.86. The van der Waals surface area contributed by atoms with E-state index in [2.05, 4.69) is 20.5 Å². The van der Waals surface area contributed by atoms with Crippen molar-refractivity contribution >= 4 is 17.5 Å². The van der Waals surface area contributed by atoms with Crippen molar-refractivity contribution in [2.45, 2.75) is 6.18 Å². The predicted octanol–water partition coefficient (Wildman–Crippen LogP) is 1.66. The number of H-pyrrole nitrogens is 1. The first-order valence-corrected chi connectivity index (χ1v) is 5.03. The van der Waals surface area contributed by atoms with Crippen molar-refractivity contribution in [2.24, 2.45) is 0 Å². The molecule has 1 aromatic carbocycles. The van der Waals surface area contributed by atoms with Gasteiger partial charge in [0.25, 0.3) is 5.91 Å². The molecule has 0 saturated heterocycles. The van der Waals surface area contributed by atoms with Crippen LogP contribution in [0.4, 0.5) is 24.8 Å². The van der Waals surface area contributed by atoms with Crippen molar-refractivity contribution < 1.29 is 18.0 Å². The highest BCUT2D eigenvalue weighted by Gasteiger charge is 2.30. The van der Waals surface area contributed by atoms with Crippen LogP contribution in [0.5, 0.6) is 0 Å². The molecule has 1 aromatic heterocycles. The first kappa shape index (κ1) is 12.9. The number of nitrogens with two attached hydrogens (primary N) is 1. The van der Waals surface area contributed by atoms with Crippen LogP contribution in [0.2, 0.25) is 0 Å². The van der Waals surface area contributed by atoms with Gasteiger partial charge in [0.2, 0.25) is 11.8 Å². The Morgan fingerprint density at radius 3 is 2.37 bits per heavy atom. The number of carbonyl (C=O) groups excluding carboxylic acids is 1. The smallest absolute Gasteiger partial charge is 0.366 e. The molecule has 0 unspecified atom stereocenters. The summed E-state index contributed by atoms with van der Waals surface area (Å²) >= 11 is 0. The van der Waals surface area contributed by atoms with Crippen molar-refractivity contribution in [1.29, 1.82) is 0 Å². The van der Waals surface area contributed by atoms with Crippen LogP contribution in [0.25, 0.3) is 0 Å². The van der Waals surface area contributed by atoms with Crippen LogP contribution < -0.4 is 11.1 Å². The van der Waals surface area contributed by atoms with Crippen molar-refractivity contribution in [2.75, 3.05) is 11.1 Å². The molecule has 2 aromatic rings. The molecule has 0 bridgehead atoms. The third-order valence-corrected chi connectivity index (χ3v) is 2.19. The molecule has 0 atom stereocenters. The van der Waals surface area contributed by atoms with E-state index in [9.17, 15) is 18.0 Å². The van der Waals surface area contributed by atoms with Gasteiger partial charge in [-0.05, 0) is 24.3 Å². The number of hydrogen-bond acceptors (Lipinski definition) is 4. The van der Waals surface area contributed by atoms with Crippen LogP contribution >= 0.6 is 0 Å². The van der Waals surface area contributed by atoms with Crippen LogP contribution in [-0.4, -0.2) is 21.1 Å². The van der Waals surface area contributed by atoms with Crippen LogP contribution in [-0.2, 0) is 6.18 Å². The van der Waals surface area contributed by atoms with E-state index in [1.807, 2.05) is 0 Å². The van der Waals surface area contributed by atoms with Crippen LogP contribution in [0, 0.1) is 0 Å². The largest absolute Gasteiger partial charge is 0.416 e. The van der Waals surface area contributed by atoms with Gasteiger partial charge in [-0.25, -0.2) is 0 Å². The highest BCUT2D eigenvalue weighted by molar-refractivity contribution is 6.01. The zero-order chi connectivity index (χ0) is 14.0. The lowest BCUT2D eigenvalue weighted by atomic mass is 10.2. The monoisotopic (exact) mass is 271 g/mol. The molecular weight excluding hydrogens is 263 g/mol. The zero-order valence-electron chi connectivity index (χ0n) is 9.32. The van der Waals surface area contributed by atoms with Gasteiger partial charge in [0.05, 0.1) is 5.56 Å². The lowest BCUT2D eigenvalue weighted by molar-refractivity contribution is -0.137. The number of nitrogen functional groups attached to an aromatic ring is 1. The number of nitrogens with one attached hydrogen (secondary N) is 2. The molecular formula is C10H8F3N5O. The summed E-state index contributed by atoms with van der Waals surface area (Å²) in [5.74, 6) is -0.876. The molecule has 0 spiro atoms. The number of amides is 1. The molecule has 0 saturated carbocycles. The summed E-state index contributed by atoms with van der Waals surface area (Å²) in [5.41, 5.74) is 4.62. The second kappa shape index (κ2) is 4.59. The summed E-state index contributed by atoms with van der Waals surface area (Å²) in [6, 6.07) is 4.01. The number of alkyl halides is 3. The van der Waals surface area contributed by atoms with Gasteiger partial charge in [0, 0.05) is 5.69 Å². The van der Waals surface area contributed by atoms with Crippen LogP contribution in [0.1, 0.15) is 16.2 Å². The average Bonchev–Trinajstić information content (AvgIpc) is 2.75. The molecule has 0 aliphatic heterocycles. The van der Waals surface area contributed by atoms with Gasteiger partial charge in [0.15, 0.2) is 0 Å². The first-order valence-electron chi connectivity index (χ1n) is 5.03. The summed E-state index contributed by atoms with van der Waals surface area (Å²) in [7, 11) is 0. The quantitative estimate of drug-likeness (QED) is 0.773. The molecule has 9 heteroatoms. The molecule has 0 aliphatic rings. The molecule has 0 fully saturated rings. The minimum absolute atomic E-state index is 0.0995. The topological polar surface area (TPSA) is 96.7 Å². The van der Waals surface area contributed by atoms with Gasteiger partial charge >= 0.3 is 6.18 Å². The third-order valence-electron chi connectivity index (χ3n) is 2.19. The molecule has 100 valence electrons. The summed E-state index contributed by atoms with van der Waals surface area (Å²) in [5, 5.41) is 8.10. The SMILES string of the molecule is Nc1n[nH]c(C(=O)Nc2ccc(C(F)(F)F)cc2)n1. The number of aromatic amines is 1. The molecule has 0 aliphatic carbocycles. The number of halogens is 3. The van der Waals surface area contributed by atoms with Gasteiger partial charge in [-0.3, -0.25) is 9.89 Å². The lowest BCUT2D eigenvalue weighted by Crippen LogP contribution is -2.14. The number of aromatic nitrogens is 3. The summed E-state index contributed by atoms with van der Waals surface area (Å²) < 4.78 is 37.0. The fraction of sp³-hybridized carbons (Fsp3) is 0.100. The van der Waals surface area contributed by atoms with E-state index >= 15 is 0 Å². The van der Waals surface area contributed by atoms with Gasteiger partial charge < -0.3 is 11.1 Å². The number of rotatable bonds is 2. The standard InChI is InChI=1S/C10H8F3N5O/c11-10(12,13)5-1-3-6(4-2-5)15-8(19)7-16-9(14)18-17-7/h1-4H,(H,15,19)(H3,14,16,17,18). The Hall–Kier alpha value is -2.58. The van der Waals surface area contributed by atoms with Crippen molar-refractivity contribution in [3.8, 4) is 0 Å². The molecule has 19 heavy (non-hydrogen) atoms. The van der Waals surface area contributed by atoms with Crippen molar-refractivity contribution in [3.05, 3.63) is 35.7 Å². The normalized spacial score (nSPS) is 11.3. The fourth-order valence-corrected chi connectivity index (χ4v) is 1.31. The van der Waals surface area contributed by atoms with Crippen LogP contribution in [0.15, 0.2) is 24.3 Å². The zero-order valence-corrected chi connectivity index (χ0v) is 9.32. The number of benzene rings is 1. The van der Waals surface area contributed by atoms with E-state index in [-0.39, 0.29) is 17.5 Å². The Morgan fingerprint density at radius 1 is 1.26 bits per heavy atom. The molecule has 1 amide bonds. The predicted molar refractivity (Wildman–Crippen MR) is 60.2 cm³/mol. The fourth-order valence-electron chi connectivity index (χ4n) is 1.31. The molecule has 1 heterocycles. The maximum Gasteiger partial charge on any atom is 0.416 e. The van der Waals surface area contributed by atoms with Gasteiger partial charge in [0.1, 0.15) is 0 Å². The number of hydrogen-bond donors (Lipinski definition) is 3. The van der Waals surface area contributed by atoms with E-state index in [0.717, 1.165) is 24.3 Å². The molecule has 4 N–H and O–H groups in total. The second-order valence-electron chi connectivity index (χ2n) is 3.57. The highest BCUT2D eigenvalue weighted by atomic mass is 19.4. The number of carbonyl (C=O) groups is 1. The summed E-state index contributed by atoms with van der Waals surface area (Å²) in [4.78, 5) is 15.2. The van der Waals surface area contributed by atoms with E-state index < -0.39 is 17.6 Å². The number of nitrogens with zero attached hydrogens (tertiary/aromatic N) is 2. The van der Waals surface area contributed by atoms with E-state index in [1.54, 1.807) is 0 Å². The van der Waals surface area contributed by atoms with Crippen molar-refractivity contribution in [1.82, 2.24) is 15.2 Å². The number of anilines is 2. The maximum atomic E-state index is 12.3. The summed E-state index contributed by atoms with van der Waals surface area (Å²) in [6.07, 6.45) is -4.41. The van der Waals surface area contributed by atoms with E-state index in [0.29, 0.717) is 0 Å². The minimum Gasteiger partial charge on any atom is -0.366 e. The van der Waals surface area contributed by atoms with Crippen LogP contribution in [0.3, 0.4) is 0 Å². The summed E-state index contributed by atoms with van der Waals surface area (Å²) in [6.45, 7) is 0. The Balaban J connectivity index is 2.10. The molecule has 0 radical (unpaired) electrons. The maximum absolute atomic E-state index is 12.3. The minimum atomic E-state index is -4.41. The Morgan fingerprint density at radius 2 is 1.89 bits per heavy atom. The van der Waals surface area contributed by atoms with Gasteiger partial charge in [-0.2, -0.15) is 18.2 Å². The molecule has 6 nitrogen and oxygen atoms in total. The Labute approximate surface area is 104 Å². The molecule has 2 rings (SSSR count). The van der Waals surface area contributed by atoms with E-state index in [4.69, 9.17) is 5.73 Å². The second-order valence-corrected chi connectivity index (χ2v) is 3.57. The average molecular weight is 271 g/mol. The van der Waals surface area contributed by atoms with Gasteiger partial charge in [-0.15, -0.1) is 5.10 Å². The Bertz CT molecular complexity index is 590. The van der Waals surface area contributed by atoms with Gasteiger partial charge in [-0.1, -0.05) is 0 Å². The van der Waals surface area contributed by atoms with E-state index in [1.165, 1.54) is 0 Å². The lowest BCUT2D eigenvalue weighted by Gasteiger charge is -2.07.